The number of benzene rings is 1. The van der Waals surface area contributed by atoms with Crippen LogP contribution in [0.25, 0.3) is 11.0 Å². The summed E-state index contributed by atoms with van der Waals surface area (Å²) in [5, 5.41) is -0.0557. The van der Waals surface area contributed by atoms with Gasteiger partial charge in [-0.25, -0.2) is 13.6 Å². The molecule has 0 aliphatic carbocycles. The molecule has 1 aromatic heterocycles. The van der Waals surface area contributed by atoms with Crippen molar-refractivity contribution < 1.29 is 22.7 Å². The maximum Gasteiger partial charge on any atom is 0.342 e. The van der Waals surface area contributed by atoms with Gasteiger partial charge >= 0.3 is 5.97 Å². The Balaban J connectivity index is 2.60. The van der Waals surface area contributed by atoms with Gasteiger partial charge in [-0.3, -0.25) is 0 Å². The first-order chi connectivity index (χ1) is 7.63. The maximum atomic E-state index is 13.4. The Labute approximate surface area is 89.6 Å². The Morgan fingerprint density at radius 3 is 2.88 bits per heavy atom. The molecule has 84 valence electrons. The van der Waals surface area contributed by atoms with Gasteiger partial charge in [-0.1, -0.05) is 0 Å². The summed E-state index contributed by atoms with van der Waals surface area (Å²) >= 11 is 0. The quantitative estimate of drug-likeness (QED) is 0.739. The number of carbonyl (C=O) groups excluding carboxylic acids is 1. The van der Waals surface area contributed by atoms with Gasteiger partial charge in [0.25, 0.3) is 0 Å². The molecule has 5 heteroatoms. The Kier molecular flexibility index (Phi) is 2.60. The number of ether oxygens (including phenoxy) is 1. The number of carbonyl (C=O) groups is 1. The van der Waals surface area contributed by atoms with Crippen LogP contribution in [0.2, 0.25) is 0 Å². The average molecular weight is 226 g/mol. The standard InChI is InChI=1S/C11H8F2O3/c1-2-15-11(14)7-5-16-9-4-6(12)3-8(13)10(7)9/h3-5H,2H2,1H3. The lowest BCUT2D eigenvalue weighted by molar-refractivity contribution is 0.0527. The van der Waals surface area contributed by atoms with Crippen molar-refractivity contribution in [1.82, 2.24) is 0 Å². The van der Waals surface area contributed by atoms with Gasteiger partial charge < -0.3 is 9.15 Å². The van der Waals surface area contributed by atoms with Crippen LogP contribution < -0.4 is 0 Å². The molecule has 0 amide bonds. The molecule has 1 heterocycles. The van der Waals surface area contributed by atoms with E-state index in [-0.39, 0.29) is 23.1 Å². The molecule has 3 nitrogen and oxygen atoms in total. The first-order valence-electron chi connectivity index (χ1n) is 4.67. The average Bonchev–Trinajstić information content (AvgIpc) is 2.61. The lowest BCUT2D eigenvalue weighted by Gasteiger charge is -1.99. The van der Waals surface area contributed by atoms with Crippen LogP contribution in [0, 0.1) is 11.6 Å². The summed E-state index contributed by atoms with van der Waals surface area (Å²) in [4.78, 5) is 11.4. The van der Waals surface area contributed by atoms with E-state index in [2.05, 4.69) is 0 Å². The summed E-state index contributed by atoms with van der Waals surface area (Å²) in [5.74, 6) is -2.28. The molecule has 16 heavy (non-hydrogen) atoms. The number of esters is 1. The summed E-state index contributed by atoms with van der Waals surface area (Å²) in [6.07, 6.45) is 1.06. The SMILES string of the molecule is CCOC(=O)c1coc2cc(F)cc(F)c12. The van der Waals surface area contributed by atoms with E-state index >= 15 is 0 Å². The van der Waals surface area contributed by atoms with Crippen LogP contribution in [0.15, 0.2) is 22.8 Å². The van der Waals surface area contributed by atoms with Crippen molar-refractivity contribution in [2.45, 2.75) is 6.92 Å². The molecule has 1 aromatic carbocycles. The minimum atomic E-state index is -0.841. The largest absolute Gasteiger partial charge is 0.463 e. The van der Waals surface area contributed by atoms with Crippen LogP contribution in [-0.2, 0) is 4.74 Å². The third-order valence-corrected chi connectivity index (χ3v) is 2.09. The lowest BCUT2D eigenvalue weighted by atomic mass is 10.1. The minimum absolute atomic E-state index is 0.0134. The van der Waals surface area contributed by atoms with Gasteiger partial charge in [0.05, 0.1) is 12.0 Å². The van der Waals surface area contributed by atoms with E-state index in [4.69, 9.17) is 9.15 Å². The van der Waals surface area contributed by atoms with Gasteiger partial charge in [0.15, 0.2) is 0 Å². The third-order valence-electron chi connectivity index (χ3n) is 2.09. The highest BCUT2D eigenvalue weighted by Crippen LogP contribution is 2.25. The van der Waals surface area contributed by atoms with Crippen LogP contribution in [-0.4, -0.2) is 12.6 Å². The molecule has 2 rings (SSSR count). The van der Waals surface area contributed by atoms with Crippen molar-refractivity contribution >= 4 is 16.9 Å². The van der Waals surface area contributed by atoms with Crippen molar-refractivity contribution in [2.24, 2.45) is 0 Å². The molecule has 0 atom stereocenters. The highest BCUT2D eigenvalue weighted by atomic mass is 19.1. The Hall–Kier alpha value is -1.91. The molecule has 2 aromatic rings. The zero-order chi connectivity index (χ0) is 11.7. The Bertz CT molecular complexity index is 545. The number of rotatable bonds is 2. The van der Waals surface area contributed by atoms with Crippen LogP contribution in [0.1, 0.15) is 17.3 Å². The van der Waals surface area contributed by atoms with Crippen molar-refractivity contribution in [1.29, 1.82) is 0 Å². The summed E-state index contributed by atoms with van der Waals surface area (Å²) in [5.41, 5.74) is -0.0464. The molecular weight excluding hydrogens is 218 g/mol. The Morgan fingerprint density at radius 1 is 1.44 bits per heavy atom. The fourth-order valence-corrected chi connectivity index (χ4v) is 1.44. The number of fused-ring (bicyclic) bond motifs is 1. The van der Waals surface area contributed by atoms with Gasteiger partial charge in [0, 0.05) is 12.1 Å². The van der Waals surface area contributed by atoms with E-state index in [0.29, 0.717) is 6.07 Å². The number of hydrogen-bond acceptors (Lipinski definition) is 3. The highest BCUT2D eigenvalue weighted by Gasteiger charge is 2.19. The van der Waals surface area contributed by atoms with Crippen molar-refractivity contribution in [3.8, 4) is 0 Å². The van der Waals surface area contributed by atoms with E-state index < -0.39 is 17.6 Å². The van der Waals surface area contributed by atoms with Crippen molar-refractivity contribution in [3.63, 3.8) is 0 Å². The summed E-state index contributed by atoms with van der Waals surface area (Å²) in [6.45, 7) is 1.81. The van der Waals surface area contributed by atoms with E-state index in [9.17, 15) is 13.6 Å². The molecule has 0 fully saturated rings. The minimum Gasteiger partial charge on any atom is -0.463 e. The van der Waals surface area contributed by atoms with Crippen LogP contribution in [0.4, 0.5) is 8.78 Å². The second-order valence-corrected chi connectivity index (χ2v) is 3.13. The predicted octanol–water partition coefficient (Wildman–Crippen LogP) is 2.89. The topological polar surface area (TPSA) is 39.4 Å². The normalized spacial score (nSPS) is 10.7. The Morgan fingerprint density at radius 2 is 2.19 bits per heavy atom. The molecule has 0 aliphatic rings. The van der Waals surface area contributed by atoms with E-state index in [1.807, 2.05) is 0 Å². The number of hydrogen-bond donors (Lipinski definition) is 0. The van der Waals surface area contributed by atoms with Crippen LogP contribution >= 0.6 is 0 Å². The maximum absolute atomic E-state index is 13.4. The second-order valence-electron chi connectivity index (χ2n) is 3.13. The lowest BCUT2D eigenvalue weighted by Crippen LogP contribution is -2.04. The van der Waals surface area contributed by atoms with Crippen molar-refractivity contribution in [2.75, 3.05) is 6.61 Å². The molecule has 0 radical (unpaired) electrons. The molecule has 0 unspecified atom stereocenters. The predicted molar refractivity (Wildman–Crippen MR) is 52.1 cm³/mol. The summed E-state index contributed by atoms with van der Waals surface area (Å²) in [6, 6.07) is 1.71. The van der Waals surface area contributed by atoms with Gasteiger partial charge in [0.1, 0.15) is 29.0 Å². The molecule has 0 aliphatic heterocycles. The first kappa shape index (κ1) is 10.6. The van der Waals surface area contributed by atoms with Gasteiger partial charge in [-0.05, 0) is 6.92 Å². The third kappa shape index (κ3) is 1.64. The zero-order valence-electron chi connectivity index (χ0n) is 8.42. The fourth-order valence-electron chi connectivity index (χ4n) is 1.44. The molecule has 0 bridgehead atoms. The molecule has 0 spiro atoms. The summed E-state index contributed by atoms with van der Waals surface area (Å²) < 4.78 is 35.9. The number of halogens is 2. The molecule has 0 saturated heterocycles. The first-order valence-corrected chi connectivity index (χ1v) is 4.67. The fraction of sp³-hybridized carbons (Fsp3) is 0.182. The molecule has 0 saturated carbocycles. The van der Waals surface area contributed by atoms with E-state index in [1.54, 1.807) is 6.92 Å². The van der Waals surface area contributed by atoms with E-state index in [0.717, 1.165) is 12.3 Å². The molecule has 0 N–H and O–H groups in total. The zero-order valence-corrected chi connectivity index (χ0v) is 8.42. The molecular formula is C11H8F2O3. The smallest absolute Gasteiger partial charge is 0.342 e. The van der Waals surface area contributed by atoms with Crippen LogP contribution in [0.5, 0.6) is 0 Å². The van der Waals surface area contributed by atoms with Crippen LogP contribution in [0.3, 0.4) is 0 Å². The van der Waals surface area contributed by atoms with Crippen molar-refractivity contribution in [3.05, 3.63) is 35.6 Å². The van der Waals surface area contributed by atoms with Gasteiger partial charge in [-0.15, -0.1) is 0 Å². The van der Waals surface area contributed by atoms with Gasteiger partial charge in [0.2, 0.25) is 0 Å². The number of furan rings is 1. The van der Waals surface area contributed by atoms with Gasteiger partial charge in [-0.2, -0.15) is 0 Å². The second kappa shape index (κ2) is 3.92. The van der Waals surface area contributed by atoms with E-state index in [1.165, 1.54) is 0 Å². The summed E-state index contributed by atoms with van der Waals surface area (Å²) in [7, 11) is 0. The highest BCUT2D eigenvalue weighted by molar-refractivity contribution is 6.03. The monoisotopic (exact) mass is 226 g/mol.